The van der Waals surface area contributed by atoms with E-state index in [9.17, 15) is 0 Å². The van der Waals surface area contributed by atoms with Gasteiger partial charge >= 0.3 is 0 Å². The average molecular weight is 526 g/mol. The Bertz CT molecular complexity index is 794. The van der Waals surface area contributed by atoms with Crippen LogP contribution in [0, 0.1) is 12.8 Å². The van der Waals surface area contributed by atoms with Gasteiger partial charge in [-0.2, -0.15) is 0 Å². The topological polar surface area (TPSA) is 67.6 Å². The highest BCUT2D eigenvalue weighted by Gasteiger charge is 2.28. The Labute approximate surface area is 197 Å². The summed E-state index contributed by atoms with van der Waals surface area (Å²) in [5.74, 6) is 3.91. The number of ether oxygens (including phenoxy) is 1. The molecule has 1 aliphatic rings. The van der Waals surface area contributed by atoms with Gasteiger partial charge in [0.2, 0.25) is 0 Å². The van der Waals surface area contributed by atoms with Gasteiger partial charge in [-0.25, -0.2) is 4.99 Å². The maximum Gasteiger partial charge on any atom is 0.194 e. The van der Waals surface area contributed by atoms with Crippen LogP contribution >= 0.6 is 24.0 Å². The number of aromatic nitrogens is 3. The van der Waals surface area contributed by atoms with Crippen molar-refractivity contribution in [1.82, 2.24) is 25.0 Å². The number of aryl methyl sites for hydroxylation is 1. The molecule has 0 saturated carbocycles. The zero-order valence-electron chi connectivity index (χ0n) is 18.5. The lowest BCUT2D eigenvalue weighted by atomic mass is 9.82. The van der Waals surface area contributed by atoms with Gasteiger partial charge in [-0.15, -0.1) is 34.2 Å². The van der Waals surface area contributed by atoms with Crippen LogP contribution in [0.3, 0.4) is 0 Å². The van der Waals surface area contributed by atoms with E-state index in [0.717, 1.165) is 56.7 Å². The number of nitrogens with zero attached hydrogens (tertiary/aromatic N) is 5. The largest absolute Gasteiger partial charge is 0.385 e. The molecule has 2 heterocycles. The Morgan fingerprint density at radius 1 is 1.27 bits per heavy atom. The van der Waals surface area contributed by atoms with E-state index < -0.39 is 0 Å². The van der Waals surface area contributed by atoms with Crippen molar-refractivity contribution in [2.45, 2.75) is 39.2 Å². The minimum absolute atomic E-state index is 0. The summed E-state index contributed by atoms with van der Waals surface area (Å²) < 4.78 is 7.18. The minimum Gasteiger partial charge on any atom is -0.385 e. The predicted octanol–water partition coefficient (Wildman–Crippen LogP) is 3.35. The highest BCUT2D eigenvalue weighted by molar-refractivity contribution is 14.0. The van der Waals surface area contributed by atoms with Crippen molar-refractivity contribution in [1.29, 1.82) is 0 Å². The molecule has 2 unspecified atom stereocenters. The van der Waals surface area contributed by atoms with Gasteiger partial charge in [0.25, 0.3) is 0 Å². The van der Waals surface area contributed by atoms with Crippen LogP contribution in [0.5, 0.6) is 0 Å². The van der Waals surface area contributed by atoms with Gasteiger partial charge in [-0.05, 0) is 37.2 Å². The number of piperidine rings is 1. The van der Waals surface area contributed by atoms with Gasteiger partial charge in [-0.3, -0.25) is 0 Å². The number of rotatable bonds is 7. The quantitative estimate of drug-likeness (QED) is 0.260. The van der Waals surface area contributed by atoms with E-state index in [0.29, 0.717) is 18.4 Å². The molecule has 7 nitrogen and oxygen atoms in total. The summed E-state index contributed by atoms with van der Waals surface area (Å²) >= 11 is 0. The van der Waals surface area contributed by atoms with E-state index in [1.54, 1.807) is 7.11 Å². The van der Waals surface area contributed by atoms with Crippen LogP contribution in [0.1, 0.15) is 42.9 Å². The molecule has 1 aromatic carbocycles. The standard InChI is InChI=1S/C22H34N6O.HI/c1-17-16-28(13-11-20(17)19-9-6-5-7-10-19)22(23-12-8-14-29-4)24-15-21-26-25-18(2)27(21)3;/h5-7,9-10,17,20H,8,11-16H2,1-4H3,(H,23,24);1H. The number of guanidine groups is 1. The summed E-state index contributed by atoms with van der Waals surface area (Å²) in [5.41, 5.74) is 1.45. The number of aliphatic imine (C=N–C) groups is 1. The van der Waals surface area contributed by atoms with E-state index in [4.69, 9.17) is 9.73 Å². The second kappa shape index (κ2) is 12.2. The highest BCUT2D eigenvalue weighted by Crippen LogP contribution is 2.32. The molecule has 3 rings (SSSR count). The molecule has 8 heteroatoms. The molecule has 2 aromatic rings. The molecule has 1 N–H and O–H groups in total. The molecule has 1 fully saturated rings. The Morgan fingerprint density at radius 2 is 2.03 bits per heavy atom. The van der Waals surface area contributed by atoms with E-state index in [1.807, 2.05) is 18.5 Å². The zero-order valence-corrected chi connectivity index (χ0v) is 20.9. The van der Waals surface area contributed by atoms with Crippen molar-refractivity contribution in [2.24, 2.45) is 18.0 Å². The summed E-state index contributed by atoms with van der Waals surface area (Å²) in [6.07, 6.45) is 2.08. The van der Waals surface area contributed by atoms with Crippen molar-refractivity contribution in [2.75, 3.05) is 33.4 Å². The molecule has 0 spiro atoms. The third kappa shape index (κ3) is 6.41. The molecule has 1 saturated heterocycles. The van der Waals surface area contributed by atoms with Gasteiger partial charge in [-0.1, -0.05) is 37.3 Å². The highest BCUT2D eigenvalue weighted by atomic mass is 127. The van der Waals surface area contributed by atoms with Crippen molar-refractivity contribution in [3.8, 4) is 0 Å². The van der Waals surface area contributed by atoms with Gasteiger partial charge < -0.3 is 19.5 Å². The van der Waals surface area contributed by atoms with Crippen LogP contribution in [0.25, 0.3) is 0 Å². The fourth-order valence-electron chi connectivity index (χ4n) is 3.95. The van der Waals surface area contributed by atoms with E-state index >= 15 is 0 Å². The van der Waals surface area contributed by atoms with Crippen molar-refractivity contribution in [3.05, 3.63) is 47.5 Å². The van der Waals surface area contributed by atoms with Gasteiger partial charge in [0.1, 0.15) is 12.4 Å². The van der Waals surface area contributed by atoms with E-state index in [2.05, 4.69) is 57.7 Å². The summed E-state index contributed by atoms with van der Waals surface area (Å²) in [5, 5.41) is 11.9. The summed E-state index contributed by atoms with van der Waals surface area (Å²) in [7, 11) is 3.72. The Balaban J connectivity index is 0.00000320. The minimum atomic E-state index is 0. The van der Waals surface area contributed by atoms with Crippen molar-refractivity contribution in [3.63, 3.8) is 0 Å². The molecule has 0 bridgehead atoms. The fourth-order valence-corrected chi connectivity index (χ4v) is 3.95. The second-order valence-electron chi connectivity index (χ2n) is 7.86. The van der Waals surface area contributed by atoms with Crippen LogP contribution < -0.4 is 5.32 Å². The first-order chi connectivity index (χ1) is 14.1. The molecule has 0 amide bonds. The number of benzene rings is 1. The van der Waals surface area contributed by atoms with Crippen LogP contribution in [0.15, 0.2) is 35.3 Å². The van der Waals surface area contributed by atoms with Crippen molar-refractivity contribution < 1.29 is 4.74 Å². The van der Waals surface area contributed by atoms with Crippen LogP contribution in [0.4, 0.5) is 0 Å². The van der Waals surface area contributed by atoms with Gasteiger partial charge in [0.15, 0.2) is 11.8 Å². The Kier molecular flexibility index (Phi) is 10.0. The number of hydrogen-bond acceptors (Lipinski definition) is 4. The number of hydrogen-bond donors (Lipinski definition) is 1. The smallest absolute Gasteiger partial charge is 0.194 e. The summed E-state index contributed by atoms with van der Waals surface area (Å²) in [6.45, 7) is 8.41. The normalized spacial score (nSPS) is 19.5. The number of likely N-dealkylation sites (tertiary alicyclic amines) is 1. The van der Waals surface area contributed by atoms with Gasteiger partial charge in [0.05, 0.1) is 0 Å². The predicted molar refractivity (Wildman–Crippen MR) is 131 cm³/mol. The lowest BCUT2D eigenvalue weighted by molar-refractivity contribution is 0.194. The van der Waals surface area contributed by atoms with Crippen molar-refractivity contribution >= 4 is 29.9 Å². The third-order valence-corrected chi connectivity index (χ3v) is 5.79. The second-order valence-corrected chi connectivity index (χ2v) is 7.86. The van der Waals surface area contributed by atoms with Crippen LogP contribution in [-0.4, -0.2) is 59.0 Å². The lowest BCUT2D eigenvalue weighted by Crippen LogP contribution is -2.48. The SMILES string of the molecule is COCCCNC(=NCc1nnc(C)n1C)N1CCC(c2ccccc2)C(C)C1.I. The van der Waals surface area contributed by atoms with Gasteiger partial charge in [0, 0.05) is 40.4 Å². The fraction of sp³-hybridized carbons (Fsp3) is 0.591. The van der Waals surface area contributed by atoms with Crippen LogP contribution in [-0.2, 0) is 18.3 Å². The first-order valence-electron chi connectivity index (χ1n) is 10.5. The maximum absolute atomic E-state index is 5.18. The average Bonchev–Trinajstić information content (AvgIpc) is 3.06. The maximum atomic E-state index is 5.18. The first-order valence-corrected chi connectivity index (χ1v) is 10.5. The molecule has 1 aromatic heterocycles. The molecule has 0 aliphatic carbocycles. The first kappa shape index (κ1) is 24.6. The molecule has 1 aliphatic heterocycles. The molecule has 2 atom stereocenters. The summed E-state index contributed by atoms with van der Waals surface area (Å²) in [4.78, 5) is 7.28. The van der Waals surface area contributed by atoms with E-state index in [-0.39, 0.29) is 24.0 Å². The molecule has 30 heavy (non-hydrogen) atoms. The molecular weight excluding hydrogens is 491 g/mol. The molecule has 0 radical (unpaired) electrons. The Hall–Kier alpha value is -1.68. The van der Waals surface area contributed by atoms with E-state index in [1.165, 1.54) is 5.56 Å². The number of halogens is 1. The monoisotopic (exact) mass is 526 g/mol. The third-order valence-electron chi connectivity index (χ3n) is 5.79. The molecular formula is C22H35IN6O. The Morgan fingerprint density at radius 3 is 2.67 bits per heavy atom. The lowest BCUT2D eigenvalue weighted by Gasteiger charge is -2.39. The zero-order chi connectivity index (χ0) is 20.6. The number of nitrogens with one attached hydrogen (secondary N) is 1. The van der Waals surface area contributed by atoms with Crippen LogP contribution in [0.2, 0.25) is 0 Å². The summed E-state index contributed by atoms with van der Waals surface area (Å²) in [6, 6.07) is 10.9. The number of methoxy groups -OCH3 is 1. The molecule has 166 valence electrons.